The number of nitrogens with zero attached hydrogens (tertiary/aromatic N) is 3. The third-order valence-corrected chi connectivity index (χ3v) is 4.94. The summed E-state index contributed by atoms with van der Waals surface area (Å²) in [4.78, 5) is 34.6. The molecule has 3 rings (SSSR count). The number of pyridine rings is 1. The molecule has 0 aliphatic heterocycles. The van der Waals surface area contributed by atoms with Crippen LogP contribution in [0.3, 0.4) is 0 Å². The number of nitrogens with two attached hydrogens (primary N) is 1. The van der Waals surface area contributed by atoms with E-state index in [0.29, 0.717) is 10.7 Å². The largest absolute Gasteiger partial charge is 0.384 e. The Hall–Kier alpha value is -3.50. The molecule has 3 aromatic rings. The first-order valence-electron chi connectivity index (χ1n) is 9.20. The van der Waals surface area contributed by atoms with E-state index in [4.69, 9.17) is 5.73 Å². The van der Waals surface area contributed by atoms with Crippen LogP contribution in [0.1, 0.15) is 20.8 Å². The summed E-state index contributed by atoms with van der Waals surface area (Å²) in [5.41, 5.74) is 7.57. The Bertz CT molecular complexity index is 1000. The van der Waals surface area contributed by atoms with Crippen LogP contribution >= 0.6 is 11.3 Å². The quantitative estimate of drug-likeness (QED) is 0.415. The monoisotopic (exact) mass is 425 g/mol. The molecule has 10 heteroatoms. The van der Waals surface area contributed by atoms with Crippen molar-refractivity contribution in [3.63, 3.8) is 0 Å². The molecule has 30 heavy (non-hydrogen) atoms. The number of nitrogens with one attached hydrogen (secondary N) is 3. The third-order valence-electron chi connectivity index (χ3n) is 4.05. The van der Waals surface area contributed by atoms with Crippen LogP contribution in [0.15, 0.2) is 48.8 Å². The number of amides is 2. The van der Waals surface area contributed by atoms with E-state index < -0.39 is 5.91 Å². The summed E-state index contributed by atoms with van der Waals surface area (Å²) in [7, 11) is 4.01. The maximum Gasteiger partial charge on any atom is 0.270 e. The topological polar surface area (TPSA) is 125 Å². The maximum atomic E-state index is 12.6. The average Bonchev–Trinajstić information content (AvgIpc) is 3.11. The Morgan fingerprint density at radius 2 is 1.77 bits per heavy atom. The normalized spacial score (nSPS) is 10.6. The van der Waals surface area contributed by atoms with Crippen molar-refractivity contribution in [2.24, 2.45) is 5.73 Å². The SMILES string of the molecule is CN(C)CCNc1ccc(C(=O)Nc2sc(Nc3ccncc3)nc2C(N)=O)cc1. The molecule has 1 aromatic carbocycles. The predicted molar refractivity (Wildman–Crippen MR) is 120 cm³/mol. The van der Waals surface area contributed by atoms with Crippen molar-refractivity contribution in [2.45, 2.75) is 0 Å². The van der Waals surface area contributed by atoms with E-state index in [-0.39, 0.29) is 16.6 Å². The van der Waals surface area contributed by atoms with Crippen LogP contribution in [0, 0.1) is 0 Å². The first-order valence-corrected chi connectivity index (χ1v) is 10.0. The van der Waals surface area contributed by atoms with Gasteiger partial charge in [0, 0.05) is 42.4 Å². The number of thiazole rings is 1. The second-order valence-corrected chi connectivity index (χ2v) is 7.68. The second-order valence-electron chi connectivity index (χ2n) is 6.68. The van der Waals surface area contributed by atoms with Gasteiger partial charge in [-0.15, -0.1) is 0 Å². The standard InChI is InChI=1S/C20H23N7O2S/c1-27(2)12-11-23-14-5-3-13(4-6-14)18(29)26-19-16(17(21)28)25-20(30-19)24-15-7-9-22-10-8-15/h3-10,23H,11-12H2,1-2H3,(H2,21,28)(H,26,29)(H,22,24,25). The van der Waals surface area contributed by atoms with Crippen LogP contribution in [0.4, 0.5) is 21.5 Å². The Balaban J connectivity index is 1.68. The molecule has 0 aliphatic rings. The van der Waals surface area contributed by atoms with E-state index in [1.807, 2.05) is 26.2 Å². The van der Waals surface area contributed by atoms with Gasteiger partial charge in [0.2, 0.25) is 0 Å². The molecule has 0 atom stereocenters. The summed E-state index contributed by atoms with van der Waals surface area (Å²) >= 11 is 1.13. The van der Waals surface area contributed by atoms with Crippen LogP contribution in [0.2, 0.25) is 0 Å². The summed E-state index contributed by atoms with van der Waals surface area (Å²) in [6.45, 7) is 1.70. The van der Waals surface area contributed by atoms with E-state index in [1.54, 1.807) is 36.7 Å². The predicted octanol–water partition coefficient (Wildman–Crippen LogP) is 2.61. The molecule has 5 N–H and O–H groups in total. The summed E-state index contributed by atoms with van der Waals surface area (Å²) in [5, 5.41) is 9.80. The molecule has 0 aliphatic carbocycles. The minimum absolute atomic E-state index is 0.00637. The van der Waals surface area contributed by atoms with Crippen molar-refractivity contribution < 1.29 is 9.59 Å². The van der Waals surface area contributed by atoms with Gasteiger partial charge >= 0.3 is 0 Å². The van der Waals surface area contributed by atoms with Gasteiger partial charge in [0.15, 0.2) is 10.8 Å². The Morgan fingerprint density at radius 3 is 2.40 bits per heavy atom. The number of carbonyl (C=O) groups excluding carboxylic acids is 2. The molecule has 0 fully saturated rings. The second kappa shape index (κ2) is 9.81. The molecule has 9 nitrogen and oxygen atoms in total. The van der Waals surface area contributed by atoms with Crippen molar-refractivity contribution in [1.82, 2.24) is 14.9 Å². The molecule has 2 amide bonds. The molecule has 0 unspecified atom stereocenters. The fourth-order valence-corrected chi connectivity index (χ4v) is 3.41. The fourth-order valence-electron chi connectivity index (χ4n) is 2.52. The number of primary amides is 1. The zero-order valence-corrected chi connectivity index (χ0v) is 17.5. The van der Waals surface area contributed by atoms with Crippen LogP contribution < -0.4 is 21.7 Å². The molecule has 2 aromatic heterocycles. The Kier molecular flexibility index (Phi) is 6.94. The highest BCUT2D eigenvalue weighted by Gasteiger charge is 2.19. The summed E-state index contributed by atoms with van der Waals surface area (Å²) < 4.78 is 0. The minimum Gasteiger partial charge on any atom is -0.384 e. The number of aromatic nitrogens is 2. The molecule has 2 heterocycles. The number of hydrogen-bond donors (Lipinski definition) is 4. The van der Waals surface area contributed by atoms with Crippen molar-refractivity contribution in [3.05, 3.63) is 60.0 Å². The van der Waals surface area contributed by atoms with Crippen molar-refractivity contribution in [3.8, 4) is 0 Å². The van der Waals surface area contributed by atoms with Gasteiger partial charge in [0.25, 0.3) is 11.8 Å². The maximum absolute atomic E-state index is 12.6. The van der Waals surface area contributed by atoms with Gasteiger partial charge in [-0.1, -0.05) is 11.3 Å². The van der Waals surface area contributed by atoms with Crippen LogP contribution in [0.25, 0.3) is 0 Å². The van der Waals surface area contributed by atoms with E-state index in [2.05, 4.69) is 30.8 Å². The number of rotatable bonds is 9. The van der Waals surface area contributed by atoms with Crippen LogP contribution in [-0.4, -0.2) is 53.9 Å². The van der Waals surface area contributed by atoms with Gasteiger partial charge in [-0.05, 0) is 50.5 Å². The molecule has 0 spiro atoms. The van der Waals surface area contributed by atoms with Crippen molar-refractivity contribution in [2.75, 3.05) is 43.1 Å². The van der Waals surface area contributed by atoms with E-state index in [0.717, 1.165) is 35.8 Å². The average molecular weight is 426 g/mol. The highest BCUT2D eigenvalue weighted by Crippen LogP contribution is 2.30. The van der Waals surface area contributed by atoms with Crippen LogP contribution in [0.5, 0.6) is 0 Å². The summed E-state index contributed by atoms with van der Waals surface area (Å²) in [6, 6.07) is 10.6. The third kappa shape index (κ3) is 5.75. The number of benzene rings is 1. The Labute approximate surface area is 178 Å². The van der Waals surface area contributed by atoms with Gasteiger partial charge in [-0.3, -0.25) is 14.6 Å². The number of anilines is 4. The van der Waals surface area contributed by atoms with Crippen LogP contribution in [-0.2, 0) is 0 Å². The van der Waals surface area contributed by atoms with Crippen molar-refractivity contribution >= 4 is 44.7 Å². The molecule has 0 saturated heterocycles. The van der Waals surface area contributed by atoms with Gasteiger partial charge in [-0.25, -0.2) is 4.98 Å². The molecule has 156 valence electrons. The van der Waals surface area contributed by atoms with Crippen molar-refractivity contribution in [1.29, 1.82) is 0 Å². The van der Waals surface area contributed by atoms with Gasteiger partial charge in [-0.2, -0.15) is 0 Å². The lowest BCUT2D eigenvalue weighted by Crippen LogP contribution is -2.20. The first kappa shape index (κ1) is 21.2. The minimum atomic E-state index is -0.718. The molecular weight excluding hydrogens is 402 g/mol. The zero-order valence-electron chi connectivity index (χ0n) is 16.7. The smallest absolute Gasteiger partial charge is 0.270 e. The number of likely N-dealkylation sites (N-methyl/N-ethyl adjacent to an activating group) is 1. The van der Waals surface area contributed by atoms with Gasteiger partial charge < -0.3 is 26.6 Å². The van der Waals surface area contributed by atoms with Gasteiger partial charge in [0.05, 0.1) is 0 Å². The van der Waals surface area contributed by atoms with Gasteiger partial charge in [0.1, 0.15) is 5.00 Å². The lowest BCUT2D eigenvalue weighted by atomic mass is 10.2. The fraction of sp³-hybridized carbons (Fsp3) is 0.200. The van der Waals surface area contributed by atoms with E-state index in [9.17, 15) is 9.59 Å². The molecule has 0 bridgehead atoms. The first-order chi connectivity index (χ1) is 14.4. The number of hydrogen-bond acceptors (Lipinski definition) is 8. The highest BCUT2D eigenvalue weighted by molar-refractivity contribution is 7.20. The summed E-state index contributed by atoms with van der Waals surface area (Å²) in [5.74, 6) is -1.07. The number of carbonyl (C=O) groups is 2. The van der Waals surface area contributed by atoms with E-state index >= 15 is 0 Å². The van der Waals surface area contributed by atoms with E-state index in [1.165, 1.54) is 0 Å². The highest BCUT2D eigenvalue weighted by atomic mass is 32.1. The lowest BCUT2D eigenvalue weighted by Gasteiger charge is -2.11. The Morgan fingerprint density at radius 1 is 1.07 bits per heavy atom. The lowest BCUT2D eigenvalue weighted by molar-refractivity contribution is 0.0997. The molecule has 0 radical (unpaired) electrons. The summed E-state index contributed by atoms with van der Waals surface area (Å²) in [6.07, 6.45) is 3.26. The molecular formula is C20H23N7O2S. The zero-order chi connectivity index (χ0) is 21.5. The molecule has 0 saturated carbocycles.